The predicted molar refractivity (Wildman–Crippen MR) is 106 cm³/mol. The third kappa shape index (κ3) is 4.48. The molecular formula is C20H19AsN4O2. The van der Waals surface area contributed by atoms with Crippen molar-refractivity contribution in [2.75, 3.05) is 0 Å². The monoisotopic (exact) mass is 422 g/mol. The van der Waals surface area contributed by atoms with Crippen LogP contribution in [-0.2, 0) is 6.54 Å². The predicted octanol–water partition coefficient (Wildman–Crippen LogP) is 0.912. The molecule has 6 nitrogen and oxygen atoms in total. The Bertz CT molecular complexity index is 1000. The SMILES string of the molecule is Cc1ccc(C(=O)[AsH]c2cccc(-c3cnc(CN)c(C(N)=O)n3)c2)cc1. The van der Waals surface area contributed by atoms with Gasteiger partial charge in [-0.2, -0.15) is 0 Å². The van der Waals surface area contributed by atoms with E-state index in [4.69, 9.17) is 11.5 Å². The summed E-state index contributed by atoms with van der Waals surface area (Å²) in [4.78, 5) is 32.6. The first kappa shape index (κ1) is 19.0. The molecule has 3 aromatic rings. The number of hydrogen-bond acceptors (Lipinski definition) is 5. The summed E-state index contributed by atoms with van der Waals surface area (Å²) in [7, 11) is 0. The zero-order valence-electron chi connectivity index (χ0n) is 14.8. The number of nitrogens with two attached hydrogens (primary N) is 2. The van der Waals surface area contributed by atoms with E-state index >= 15 is 0 Å². The van der Waals surface area contributed by atoms with E-state index in [-0.39, 0.29) is 16.8 Å². The van der Waals surface area contributed by atoms with Gasteiger partial charge in [0.05, 0.1) is 0 Å². The summed E-state index contributed by atoms with van der Waals surface area (Å²) in [5.41, 5.74) is 14.6. The Labute approximate surface area is 163 Å². The van der Waals surface area contributed by atoms with Crippen LogP contribution in [0.3, 0.4) is 0 Å². The van der Waals surface area contributed by atoms with E-state index in [1.54, 1.807) is 6.20 Å². The molecule has 0 aliphatic carbocycles. The number of nitrogens with zero attached hydrogens (tertiary/aromatic N) is 2. The molecule has 1 heterocycles. The molecule has 0 aliphatic heterocycles. The standard InChI is InChI=1S/C20H19AsN4O2/c1-12-5-7-13(8-6-12)19(26)21-15-4-2-3-14(9-15)17-11-24-16(10-22)18(25-17)20(23)27/h2-9,11,21H,10,22H2,1H3,(H2,23,27). The van der Waals surface area contributed by atoms with E-state index in [1.807, 2.05) is 55.5 Å². The topological polar surface area (TPSA) is 112 Å². The van der Waals surface area contributed by atoms with Crippen LogP contribution in [0.4, 0.5) is 0 Å². The van der Waals surface area contributed by atoms with Gasteiger partial charge in [-0.3, -0.25) is 0 Å². The minimum atomic E-state index is -1.02. The van der Waals surface area contributed by atoms with Crippen LogP contribution in [0.5, 0.6) is 0 Å². The maximum atomic E-state index is 12.6. The van der Waals surface area contributed by atoms with Gasteiger partial charge in [-0.15, -0.1) is 0 Å². The van der Waals surface area contributed by atoms with E-state index in [1.165, 1.54) is 0 Å². The second-order valence-electron chi connectivity index (χ2n) is 6.02. The van der Waals surface area contributed by atoms with Crippen molar-refractivity contribution in [2.24, 2.45) is 11.5 Å². The first-order valence-electron chi connectivity index (χ1n) is 8.32. The average molecular weight is 422 g/mol. The van der Waals surface area contributed by atoms with Gasteiger partial charge in [-0.1, -0.05) is 0 Å². The summed E-state index contributed by atoms with van der Waals surface area (Å²) in [6.07, 6.45) is 1.57. The van der Waals surface area contributed by atoms with Crippen LogP contribution in [0.15, 0.2) is 54.7 Å². The van der Waals surface area contributed by atoms with Gasteiger partial charge >= 0.3 is 164 Å². The fourth-order valence-corrected chi connectivity index (χ4v) is 4.62. The molecule has 0 saturated heterocycles. The Morgan fingerprint density at radius 2 is 1.85 bits per heavy atom. The number of primary amides is 1. The molecule has 0 radical (unpaired) electrons. The maximum absolute atomic E-state index is 12.6. The van der Waals surface area contributed by atoms with Gasteiger partial charge in [0.25, 0.3) is 0 Å². The molecule has 1 aromatic heterocycles. The third-order valence-electron chi connectivity index (χ3n) is 4.00. The number of carbonyl (C=O) groups excluding carboxylic acids is 2. The van der Waals surface area contributed by atoms with Crippen molar-refractivity contribution in [1.82, 2.24) is 9.97 Å². The number of amides is 1. The van der Waals surface area contributed by atoms with Crippen molar-refractivity contribution in [1.29, 1.82) is 0 Å². The van der Waals surface area contributed by atoms with Gasteiger partial charge in [0.1, 0.15) is 0 Å². The number of benzene rings is 2. The Kier molecular flexibility index (Phi) is 5.79. The number of aromatic nitrogens is 2. The van der Waals surface area contributed by atoms with Gasteiger partial charge in [0, 0.05) is 0 Å². The molecule has 0 saturated carbocycles. The Morgan fingerprint density at radius 3 is 2.52 bits per heavy atom. The van der Waals surface area contributed by atoms with Gasteiger partial charge in [-0.25, -0.2) is 0 Å². The minimum absolute atomic E-state index is 0.0761. The Morgan fingerprint density at radius 1 is 1.11 bits per heavy atom. The van der Waals surface area contributed by atoms with E-state index < -0.39 is 21.7 Å². The number of hydrogen-bond donors (Lipinski definition) is 2. The Hall–Kier alpha value is -2.82. The van der Waals surface area contributed by atoms with Crippen molar-refractivity contribution < 1.29 is 9.59 Å². The molecule has 0 bridgehead atoms. The van der Waals surface area contributed by atoms with Crippen LogP contribution < -0.4 is 15.8 Å². The first-order chi connectivity index (χ1) is 13.0. The van der Waals surface area contributed by atoms with Crippen molar-refractivity contribution in [3.8, 4) is 11.3 Å². The van der Waals surface area contributed by atoms with E-state index in [2.05, 4.69) is 9.97 Å². The van der Waals surface area contributed by atoms with Crippen LogP contribution in [0.2, 0.25) is 0 Å². The molecule has 0 fully saturated rings. The third-order valence-corrected chi connectivity index (χ3v) is 6.35. The van der Waals surface area contributed by atoms with E-state index in [0.29, 0.717) is 11.4 Å². The molecule has 136 valence electrons. The summed E-state index contributed by atoms with van der Waals surface area (Å²) in [5.74, 6) is -0.663. The summed E-state index contributed by atoms with van der Waals surface area (Å²) >= 11 is -1.02. The number of carbonyl (C=O) groups is 2. The number of aryl methyl sites for hydroxylation is 1. The van der Waals surface area contributed by atoms with E-state index in [9.17, 15) is 9.59 Å². The zero-order valence-corrected chi connectivity index (χ0v) is 16.9. The van der Waals surface area contributed by atoms with Gasteiger partial charge in [-0.05, 0) is 0 Å². The van der Waals surface area contributed by atoms with Gasteiger partial charge in [0.15, 0.2) is 0 Å². The average Bonchev–Trinajstić information content (AvgIpc) is 2.68. The van der Waals surface area contributed by atoms with Crippen LogP contribution in [-0.4, -0.2) is 36.2 Å². The summed E-state index contributed by atoms with van der Waals surface area (Å²) < 4.78 is 1.14. The van der Waals surface area contributed by atoms with Crippen molar-refractivity contribution in [3.05, 3.63) is 77.2 Å². The Balaban J connectivity index is 1.87. The van der Waals surface area contributed by atoms with Crippen molar-refractivity contribution >= 4 is 30.6 Å². The first-order valence-corrected chi connectivity index (χ1v) is 10.4. The van der Waals surface area contributed by atoms with Crippen molar-refractivity contribution in [2.45, 2.75) is 13.5 Å². The summed E-state index contributed by atoms with van der Waals surface area (Å²) in [6, 6.07) is 15.2. The van der Waals surface area contributed by atoms with Crippen LogP contribution in [0, 0.1) is 6.92 Å². The van der Waals surface area contributed by atoms with Crippen LogP contribution in [0.1, 0.15) is 32.1 Å². The van der Waals surface area contributed by atoms with Gasteiger partial charge < -0.3 is 0 Å². The zero-order chi connectivity index (χ0) is 19.4. The van der Waals surface area contributed by atoms with Crippen molar-refractivity contribution in [3.63, 3.8) is 0 Å². The normalized spacial score (nSPS) is 11.0. The molecule has 0 aliphatic rings. The molecule has 7 heteroatoms. The van der Waals surface area contributed by atoms with Crippen LogP contribution in [0.25, 0.3) is 11.3 Å². The van der Waals surface area contributed by atoms with E-state index in [0.717, 1.165) is 21.0 Å². The van der Waals surface area contributed by atoms with Gasteiger partial charge in [0.2, 0.25) is 0 Å². The molecule has 0 spiro atoms. The second kappa shape index (κ2) is 8.25. The molecule has 3 rings (SSSR count). The van der Waals surface area contributed by atoms with Crippen LogP contribution >= 0.6 is 0 Å². The summed E-state index contributed by atoms with van der Waals surface area (Å²) in [5, 5.41) is 0. The molecule has 1 unspecified atom stereocenters. The molecule has 1 atom stereocenters. The fourth-order valence-electron chi connectivity index (χ4n) is 2.56. The number of rotatable bonds is 6. The second-order valence-corrected chi connectivity index (χ2v) is 8.71. The fraction of sp³-hybridized carbons (Fsp3) is 0.100. The molecule has 4 N–H and O–H groups in total. The molecule has 27 heavy (non-hydrogen) atoms. The molecule has 2 aromatic carbocycles. The molecular weight excluding hydrogens is 403 g/mol. The quantitative estimate of drug-likeness (QED) is 0.574. The molecule has 1 amide bonds. The summed E-state index contributed by atoms with van der Waals surface area (Å²) in [6.45, 7) is 2.08.